The first-order valence-electron chi connectivity index (χ1n) is 7.18. The number of hydrogen-bond acceptors (Lipinski definition) is 4. The molecule has 0 atom stereocenters. The molecule has 0 bridgehead atoms. The van der Waals surface area contributed by atoms with Crippen LogP contribution >= 0.6 is 0 Å². The van der Waals surface area contributed by atoms with Crippen molar-refractivity contribution in [1.82, 2.24) is 19.6 Å². The first-order valence-corrected chi connectivity index (χ1v) is 7.18. The lowest BCUT2D eigenvalue weighted by Gasteiger charge is -2.00. The number of nitrogens with zero attached hydrogens (tertiary/aromatic N) is 4. The van der Waals surface area contributed by atoms with E-state index in [2.05, 4.69) is 10.1 Å². The van der Waals surface area contributed by atoms with Gasteiger partial charge < -0.3 is 4.74 Å². The Bertz CT molecular complexity index is 792. The second-order valence-corrected chi connectivity index (χ2v) is 5.34. The standard InChI is InChI=1S/C16H16N4O/c1-21-12-7-5-11(6-8-12)9-15-18-16-13-3-2-4-14(13)17-10-20(16)19-15/h5-8,10H,2-4,9H2,1H3. The van der Waals surface area contributed by atoms with Crippen molar-refractivity contribution in [3.8, 4) is 5.75 Å². The summed E-state index contributed by atoms with van der Waals surface area (Å²) in [6, 6.07) is 8.02. The maximum atomic E-state index is 5.17. The summed E-state index contributed by atoms with van der Waals surface area (Å²) in [5, 5.41) is 4.54. The fourth-order valence-electron chi connectivity index (χ4n) is 2.89. The average molecular weight is 280 g/mol. The summed E-state index contributed by atoms with van der Waals surface area (Å²) in [4.78, 5) is 9.18. The van der Waals surface area contributed by atoms with Crippen LogP contribution < -0.4 is 4.74 Å². The van der Waals surface area contributed by atoms with Gasteiger partial charge in [-0.05, 0) is 37.0 Å². The Morgan fingerprint density at radius 2 is 2.05 bits per heavy atom. The number of aromatic nitrogens is 4. The Morgan fingerprint density at radius 3 is 2.86 bits per heavy atom. The predicted molar refractivity (Wildman–Crippen MR) is 78.6 cm³/mol. The highest BCUT2D eigenvalue weighted by molar-refractivity contribution is 5.51. The zero-order chi connectivity index (χ0) is 14.2. The summed E-state index contributed by atoms with van der Waals surface area (Å²) in [5.74, 6) is 1.70. The molecule has 21 heavy (non-hydrogen) atoms. The molecule has 0 saturated heterocycles. The first kappa shape index (κ1) is 12.3. The Kier molecular flexibility index (Phi) is 2.84. The van der Waals surface area contributed by atoms with E-state index in [9.17, 15) is 0 Å². The molecule has 2 heterocycles. The number of fused-ring (bicyclic) bond motifs is 3. The van der Waals surface area contributed by atoms with Crippen molar-refractivity contribution in [2.75, 3.05) is 7.11 Å². The molecule has 0 fully saturated rings. The third kappa shape index (κ3) is 2.14. The summed E-state index contributed by atoms with van der Waals surface area (Å²) in [6.07, 6.45) is 5.80. The van der Waals surface area contributed by atoms with Crippen LogP contribution in [0.1, 0.15) is 29.1 Å². The zero-order valence-corrected chi connectivity index (χ0v) is 11.9. The molecule has 0 saturated carbocycles. The number of aryl methyl sites for hydroxylation is 2. The number of benzene rings is 1. The first-order chi connectivity index (χ1) is 10.3. The van der Waals surface area contributed by atoms with Crippen molar-refractivity contribution < 1.29 is 4.74 Å². The van der Waals surface area contributed by atoms with E-state index >= 15 is 0 Å². The van der Waals surface area contributed by atoms with E-state index in [1.807, 2.05) is 28.8 Å². The molecular formula is C16H16N4O. The van der Waals surface area contributed by atoms with Crippen molar-refractivity contribution in [3.05, 3.63) is 53.2 Å². The molecule has 106 valence electrons. The van der Waals surface area contributed by atoms with Gasteiger partial charge in [-0.15, -0.1) is 5.10 Å². The molecule has 3 aromatic rings. The zero-order valence-electron chi connectivity index (χ0n) is 11.9. The lowest BCUT2D eigenvalue weighted by Crippen LogP contribution is -1.96. The predicted octanol–water partition coefficient (Wildman–Crippen LogP) is 2.21. The van der Waals surface area contributed by atoms with Crippen LogP contribution in [-0.4, -0.2) is 26.7 Å². The van der Waals surface area contributed by atoms with Crippen molar-refractivity contribution >= 4 is 5.65 Å². The summed E-state index contributed by atoms with van der Waals surface area (Å²) in [6.45, 7) is 0. The van der Waals surface area contributed by atoms with E-state index in [0.717, 1.165) is 36.5 Å². The van der Waals surface area contributed by atoms with E-state index in [1.165, 1.54) is 23.2 Å². The maximum absolute atomic E-state index is 5.17. The molecule has 0 N–H and O–H groups in total. The molecule has 0 unspecified atom stereocenters. The van der Waals surface area contributed by atoms with Gasteiger partial charge >= 0.3 is 0 Å². The van der Waals surface area contributed by atoms with Crippen LogP contribution in [0.15, 0.2) is 30.6 Å². The van der Waals surface area contributed by atoms with Gasteiger partial charge in [0.15, 0.2) is 11.5 Å². The second-order valence-electron chi connectivity index (χ2n) is 5.34. The van der Waals surface area contributed by atoms with Gasteiger partial charge in [-0.2, -0.15) is 0 Å². The van der Waals surface area contributed by atoms with Gasteiger partial charge in [-0.1, -0.05) is 12.1 Å². The highest BCUT2D eigenvalue weighted by atomic mass is 16.5. The second kappa shape index (κ2) is 4.84. The third-order valence-electron chi connectivity index (χ3n) is 3.98. The highest BCUT2D eigenvalue weighted by Gasteiger charge is 2.18. The lowest BCUT2D eigenvalue weighted by atomic mass is 10.1. The minimum absolute atomic E-state index is 0.723. The molecule has 4 rings (SSSR count). The normalized spacial score (nSPS) is 13.6. The minimum atomic E-state index is 0.723. The van der Waals surface area contributed by atoms with Crippen molar-refractivity contribution in [2.45, 2.75) is 25.7 Å². The van der Waals surface area contributed by atoms with Gasteiger partial charge in [0.2, 0.25) is 0 Å². The van der Waals surface area contributed by atoms with E-state index in [4.69, 9.17) is 9.72 Å². The van der Waals surface area contributed by atoms with Crippen LogP contribution in [0.25, 0.3) is 5.65 Å². The van der Waals surface area contributed by atoms with Gasteiger partial charge in [0, 0.05) is 17.7 Å². The molecule has 2 aromatic heterocycles. The van der Waals surface area contributed by atoms with Crippen LogP contribution in [0.3, 0.4) is 0 Å². The van der Waals surface area contributed by atoms with E-state index in [0.29, 0.717) is 0 Å². The van der Waals surface area contributed by atoms with Gasteiger partial charge in [0.1, 0.15) is 12.1 Å². The van der Waals surface area contributed by atoms with E-state index < -0.39 is 0 Å². The van der Waals surface area contributed by atoms with Crippen LogP contribution in [0.5, 0.6) is 5.75 Å². The lowest BCUT2D eigenvalue weighted by molar-refractivity contribution is 0.414. The third-order valence-corrected chi connectivity index (χ3v) is 3.98. The van der Waals surface area contributed by atoms with E-state index in [1.54, 1.807) is 13.4 Å². The number of hydrogen-bond donors (Lipinski definition) is 0. The molecule has 0 amide bonds. The summed E-state index contributed by atoms with van der Waals surface area (Å²) < 4.78 is 6.98. The van der Waals surface area contributed by atoms with Gasteiger partial charge in [0.25, 0.3) is 0 Å². The Labute approximate surface area is 122 Å². The van der Waals surface area contributed by atoms with Gasteiger partial charge in [-0.3, -0.25) is 0 Å². The molecule has 1 aromatic carbocycles. The minimum Gasteiger partial charge on any atom is -0.497 e. The van der Waals surface area contributed by atoms with Crippen LogP contribution in [0.4, 0.5) is 0 Å². The molecule has 5 nitrogen and oxygen atoms in total. The summed E-state index contributed by atoms with van der Waals surface area (Å²) in [5.41, 5.74) is 4.61. The monoisotopic (exact) mass is 280 g/mol. The topological polar surface area (TPSA) is 52.3 Å². The van der Waals surface area contributed by atoms with Gasteiger partial charge in [-0.25, -0.2) is 14.5 Å². The molecule has 5 heteroatoms. The molecule has 1 aliphatic rings. The van der Waals surface area contributed by atoms with Gasteiger partial charge in [0.05, 0.1) is 7.11 Å². The highest BCUT2D eigenvalue weighted by Crippen LogP contribution is 2.23. The van der Waals surface area contributed by atoms with Crippen molar-refractivity contribution in [2.24, 2.45) is 0 Å². The summed E-state index contributed by atoms with van der Waals surface area (Å²) >= 11 is 0. The SMILES string of the molecule is COc1ccc(Cc2nc3c4c(ncn3n2)CCC4)cc1. The Balaban J connectivity index is 1.67. The number of methoxy groups -OCH3 is 1. The fourth-order valence-corrected chi connectivity index (χ4v) is 2.89. The Hall–Kier alpha value is -2.43. The van der Waals surface area contributed by atoms with Crippen LogP contribution in [0, 0.1) is 0 Å². The smallest absolute Gasteiger partial charge is 0.162 e. The molecular weight excluding hydrogens is 264 g/mol. The molecule has 1 aliphatic carbocycles. The summed E-state index contributed by atoms with van der Waals surface area (Å²) in [7, 11) is 1.67. The largest absolute Gasteiger partial charge is 0.497 e. The Morgan fingerprint density at radius 1 is 1.19 bits per heavy atom. The van der Waals surface area contributed by atoms with Crippen LogP contribution in [0.2, 0.25) is 0 Å². The maximum Gasteiger partial charge on any atom is 0.162 e. The van der Waals surface area contributed by atoms with Crippen molar-refractivity contribution in [3.63, 3.8) is 0 Å². The van der Waals surface area contributed by atoms with E-state index in [-0.39, 0.29) is 0 Å². The molecule has 0 spiro atoms. The number of ether oxygens (including phenoxy) is 1. The molecule has 0 radical (unpaired) electrons. The van der Waals surface area contributed by atoms with Crippen molar-refractivity contribution in [1.29, 1.82) is 0 Å². The quantitative estimate of drug-likeness (QED) is 0.738. The molecule has 0 aliphatic heterocycles. The average Bonchev–Trinajstić information content (AvgIpc) is 3.12. The number of rotatable bonds is 3. The van der Waals surface area contributed by atoms with Crippen LogP contribution in [-0.2, 0) is 19.3 Å². The fraction of sp³-hybridized carbons (Fsp3) is 0.312.